The van der Waals surface area contributed by atoms with Crippen molar-refractivity contribution in [2.24, 2.45) is 4.99 Å². The molecule has 0 spiro atoms. The molecule has 0 aromatic carbocycles. The molecule has 1 rings (SSSR count). The van der Waals surface area contributed by atoms with Crippen LogP contribution in [0.4, 0.5) is 13.2 Å². The van der Waals surface area contributed by atoms with Gasteiger partial charge in [-0.15, -0.1) is 0 Å². The number of likely N-dealkylation sites (N-methyl/N-ethyl adjacent to an activating group) is 1. The first-order chi connectivity index (χ1) is 7.42. The fourth-order valence-corrected chi connectivity index (χ4v) is 1.32. The van der Waals surface area contributed by atoms with E-state index >= 15 is 0 Å². The Hall–Kier alpha value is -1.04. The summed E-state index contributed by atoms with van der Waals surface area (Å²) in [6.45, 7) is 0.708. The fourth-order valence-electron chi connectivity index (χ4n) is 1.32. The van der Waals surface area contributed by atoms with E-state index in [1.54, 1.807) is 6.20 Å². The predicted molar refractivity (Wildman–Crippen MR) is 55.3 cm³/mol. The number of ether oxygens (including phenoxy) is 1. The normalized spacial score (nSPS) is 18.8. The molecule has 0 bridgehead atoms. The second kappa shape index (κ2) is 5.34. The van der Waals surface area contributed by atoms with Crippen LogP contribution in [0.15, 0.2) is 16.8 Å². The van der Waals surface area contributed by atoms with Gasteiger partial charge in [0.05, 0.1) is 0 Å². The zero-order chi connectivity index (χ0) is 12.2. The number of rotatable bonds is 3. The Labute approximate surface area is 92.4 Å². The first-order valence-corrected chi connectivity index (χ1v) is 5.05. The lowest BCUT2D eigenvalue weighted by atomic mass is 10.0. The third-order valence-electron chi connectivity index (χ3n) is 2.39. The van der Waals surface area contributed by atoms with Crippen LogP contribution in [0.2, 0.25) is 0 Å². The van der Waals surface area contributed by atoms with Gasteiger partial charge in [0.25, 0.3) is 0 Å². The molecule has 16 heavy (non-hydrogen) atoms. The van der Waals surface area contributed by atoms with Gasteiger partial charge in [-0.1, -0.05) is 0 Å². The zero-order valence-corrected chi connectivity index (χ0v) is 9.27. The molecule has 0 aromatic heterocycles. The maximum atomic E-state index is 11.9. The van der Waals surface area contributed by atoms with Crippen LogP contribution in [0, 0.1) is 0 Å². The molecule has 1 atom stereocenters. The number of nitrogens with one attached hydrogen (secondary N) is 1. The van der Waals surface area contributed by atoms with Crippen molar-refractivity contribution in [2.75, 3.05) is 13.7 Å². The highest BCUT2D eigenvalue weighted by Gasteiger charge is 2.29. The summed E-state index contributed by atoms with van der Waals surface area (Å²) in [5.41, 5.74) is 1.07. The number of aliphatic imine (C=N–C) groups is 1. The van der Waals surface area contributed by atoms with Crippen LogP contribution in [0.3, 0.4) is 0 Å². The molecular formula is C10H15F3N2O. The van der Waals surface area contributed by atoms with E-state index in [9.17, 15) is 13.2 Å². The maximum absolute atomic E-state index is 11.9. The molecular weight excluding hydrogens is 221 g/mol. The Morgan fingerprint density at radius 3 is 2.62 bits per heavy atom. The molecule has 1 N–H and O–H groups in total. The Balaban J connectivity index is 2.48. The standard InChI is InChI=1S/C10H15F3N2O/c1-7(14-2)8-3-4-9(15-5-8)16-6-10(11,12)13/h5,7,14H,3-4,6H2,1-2H3. The van der Waals surface area contributed by atoms with Crippen molar-refractivity contribution in [3.8, 4) is 0 Å². The fraction of sp³-hybridized carbons (Fsp3) is 0.700. The van der Waals surface area contributed by atoms with E-state index in [0.29, 0.717) is 12.8 Å². The average Bonchev–Trinajstić information content (AvgIpc) is 2.25. The summed E-state index contributed by atoms with van der Waals surface area (Å²) in [4.78, 5) is 3.88. The van der Waals surface area contributed by atoms with Crippen molar-refractivity contribution in [2.45, 2.75) is 32.0 Å². The van der Waals surface area contributed by atoms with E-state index in [1.165, 1.54) is 0 Å². The highest BCUT2D eigenvalue weighted by molar-refractivity contribution is 5.78. The zero-order valence-electron chi connectivity index (χ0n) is 9.27. The van der Waals surface area contributed by atoms with Crippen molar-refractivity contribution in [1.29, 1.82) is 0 Å². The first kappa shape index (κ1) is 13.0. The minimum Gasteiger partial charge on any atom is -0.471 e. The lowest BCUT2D eigenvalue weighted by Crippen LogP contribution is -2.26. The molecule has 0 aliphatic carbocycles. The van der Waals surface area contributed by atoms with Gasteiger partial charge < -0.3 is 10.1 Å². The van der Waals surface area contributed by atoms with Crippen LogP contribution in [0.5, 0.6) is 0 Å². The van der Waals surface area contributed by atoms with Crippen LogP contribution < -0.4 is 5.32 Å². The summed E-state index contributed by atoms with van der Waals surface area (Å²) in [5.74, 6) is 0.157. The molecule has 1 aliphatic rings. The lowest BCUT2D eigenvalue weighted by molar-refractivity contribution is -0.156. The molecule has 6 heteroatoms. The van der Waals surface area contributed by atoms with E-state index in [2.05, 4.69) is 15.0 Å². The first-order valence-electron chi connectivity index (χ1n) is 5.05. The minimum absolute atomic E-state index is 0.157. The van der Waals surface area contributed by atoms with Crippen LogP contribution in [0.25, 0.3) is 0 Å². The van der Waals surface area contributed by atoms with Crippen LogP contribution in [-0.2, 0) is 4.74 Å². The van der Waals surface area contributed by atoms with Crippen LogP contribution in [-0.4, -0.2) is 31.8 Å². The van der Waals surface area contributed by atoms with Gasteiger partial charge in [0.15, 0.2) is 12.5 Å². The molecule has 1 aliphatic heterocycles. The number of nitrogens with zero attached hydrogens (tertiary/aromatic N) is 1. The largest absolute Gasteiger partial charge is 0.471 e. The van der Waals surface area contributed by atoms with E-state index in [0.717, 1.165) is 5.57 Å². The molecule has 0 saturated heterocycles. The monoisotopic (exact) mass is 236 g/mol. The molecule has 0 saturated carbocycles. The Morgan fingerprint density at radius 2 is 2.19 bits per heavy atom. The maximum Gasteiger partial charge on any atom is 0.422 e. The Morgan fingerprint density at radius 1 is 1.50 bits per heavy atom. The SMILES string of the molecule is CNC(C)C1=CN=C(OCC(F)(F)F)CC1. The second-order valence-corrected chi connectivity index (χ2v) is 3.64. The minimum atomic E-state index is -4.30. The van der Waals surface area contributed by atoms with E-state index < -0.39 is 12.8 Å². The van der Waals surface area contributed by atoms with E-state index in [4.69, 9.17) is 0 Å². The van der Waals surface area contributed by atoms with E-state index in [1.807, 2.05) is 14.0 Å². The predicted octanol–water partition coefficient (Wildman–Crippen LogP) is 2.25. The number of halogens is 3. The third-order valence-corrected chi connectivity index (χ3v) is 2.39. The van der Waals surface area contributed by atoms with E-state index in [-0.39, 0.29) is 11.9 Å². The third kappa shape index (κ3) is 4.22. The van der Waals surface area contributed by atoms with Gasteiger partial charge in [-0.3, -0.25) is 0 Å². The number of hydrogen-bond donors (Lipinski definition) is 1. The van der Waals surface area contributed by atoms with Gasteiger partial charge in [0, 0.05) is 18.7 Å². The van der Waals surface area contributed by atoms with Gasteiger partial charge in [-0.25, -0.2) is 4.99 Å². The summed E-state index contributed by atoms with van der Waals surface area (Å²) in [5, 5.41) is 3.05. The lowest BCUT2D eigenvalue weighted by Gasteiger charge is -2.19. The molecule has 0 aromatic rings. The van der Waals surface area contributed by atoms with Gasteiger partial charge in [-0.05, 0) is 26.0 Å². The highest BCUT2D eigenvalue weighted by Crippen LogP contribution is 2.19. The number of alkyl halides is 3. The summed E-state index contributed by atoms with van der Waals surface area (Å²) >= 11 is 0. The molecule has 0 radical (unpaired) electrons. The van der Waals surface area contributed by atoms with Gasteiger partial charge >= 0.3 is 6.18 Å². The highest BCUT2D eigenvalue weighted by atomic mass is 19.4. The Kier molecular flexibility index (Phi) is 4.35. The van der Waals surface area contributed by atoms with Crippen LogP contribution in [0.1, 0.15) is 19.8 Å². The Bertz CT molecular complexity index is 297. The second-order valence-electron chi connectivity index (χ2n) is 3.64. The molecule has 1 unspecified atom stereocenters. The van der Waals surface area contributed by atoms with Crippen molar-refractivity contribution in [3.63, 3.8) is 0 Å². The molecule has 1 heterocycles. The summed E-state index contributed by atoms with van der Waals surface area (Å²) < 4.78 is 40.2. The van der Waals surface area contributed by atoms with Gasteiger partial charge in [-0.2, -0.15) is 13.2 Å². The van der Waals surface area contributed by atoms with Crippen molar-refractivity contribution < 1.29 is 17.9 Å². The molecule has 3 nitrogen and oxygen atoms in total. The van der Waals surface area contributed by atoms with Gasteiger partial charge in [0.1, 0.15) is 0 Å². The molecule has 92 valence electrons. The average molecular weight is 236 g/mol. The molecule has 0 fully saturated rings. The smallest absolute Gasteiger partial charge is 0.422 e. The van der Waals surface area contributed by atoms with Crippen LogP contribution >= 0.6 is 0 Å². The van der Waals surface area contributed by atoms with Crippen molar-refractivity contribution in [3.05, 3.63) is 11.8 Å². The van der Waals surface area contributed by atoms with Crippen molar-refractivity contribution >= 4 is 5.90 Å². The molecule has 0 amide bonds. The van der Waals surface area contributed by atoms with Gasteiger partial charge in [0.2, 0.25) is 0 Å². The summed E-state index contributed by atoms with van der Waals surface area (Å²) in [7, 11) is 1.82. The van der Waals surface area contributed by atoms with Crippen molar-refractivity contribution in [1.82, 2.24) is 5.32 Å². The number of hydrogen-bond acceptors (Lipinski definition) is 3. The summed E-state index contributed by atoms with van der Waals surface area (Å²) in [6.07, 6.45) is -1.62. The quantitative estimate of drug-likeness (QED) is 0.815. The summed E-state index contributed by atoms with van der Waals surface area (Å²) in [6, 6.07) is 0.188. The topological polar surface area (TPSA) is 33.6 Å².